The van der Waals surface area contributed by atoms with E-state index in [0.717, 1.165) is 32.1 Å². The van der Waals surface area contributed by atoms with Gasteiger partial charge in [-0.1, -0.05) is 59.3 Å². The highest BCUT2D eigenvalue weighted by Gasteiger charge is 2.69. The number of fused-ring (bicyclic) bond motifs is 6. The predicted molar refractivity (Wildman–Crippen MR) is 231 cm³/mol. The first-order valence-corrected chi connectivity index (χ1v) is 24.1. The molecule has 8 rings (SSSR count). The summed E-state index contributed by atoms with van der Waals surface area (Å²) in [6, 6.07) is 0. The highest BCUT2D eigenvalue weighted by Crippen LogP contribution is 2.74. The molecule has 24 atom stereocenters. The highest BCUT2D eigenvalue weighted by molar-refractivity contribution is 5.47. The molecule has 18 nitrogen and oxygen atoms in total. The SMILES string of the molecule is CC1OC(OC2CCC3(C)C(CCC4(C)C3C=CC3=C5CC(C)(C)CCC5(CO)C(O)CC34C)C2(C)CO)C(O)C(OC2OC(CO)C(O)C(O)C2OC2OC(CO)C(O)C(O)C2O)C1O. The van der Waals surface area contributed by atoms with Gasteiger partial charge in [-0.2, -0.15) is 0 Å². The molecule has 0 amide bonds. The van der Waals surface area contributed by atoms with E-state index < -0.39 is 128 Å². The summed E-state index contributed by atoms with van der Waals surface area (Å²) in [5, 5.41) is 131. The maximum atomic E-state index is 12.1. The fraction of sp³-hybridized carbons (Fsp3) is 0.917. The molecule has 8 aliphatic rings. The van der Waals surface area contributed by atoms with Crippen molar-refractivity contribution in [3.63, 3.8) is 0 Å². The quantitative estimate of drug-likeness (QED) is 0.123. The van der Waals surface area contributed by atoms with Crippen molar-refractivity contribution in [2.75, 3.05) is 26.4 Å². The molecule has 0 aromatic carbocycles. The van der Waals surface area contributed by atoms with Crippen molar-refractivity contribution in [1.82, 2.24) is 0 Å². The lowest BCUT2D eigenvalue weighted by Crippen LogP contribution is -2.67. The van der Waals surface area contributed by atoms with Gasteiger partial charge in [0.05, 0.1) is 44.7 Å². The van der Waals surface area contributed by atoms with E-state index in [1.165, 1.54) is 11.1 Å². The number of allylic oxidation sites excluding steroid dienone is 3. The van der Waals surface area contributed by atoms with E-state index in [1.807, 2.05) is 6.92 Å². The van der Waals surface area contributed by atoms with Crippen molar-refractivity contribution in [2.24, 2.45) is 44.3 Å². The topological polar surface area (TPSA) is 298 Å². The Bertz CT molecular complexity index is 1810. The Morgan fingerprint density at radius 3 is 1.88 bits per heavy atom. The van der Waals surface area contributed by atoms with E-state index in [4.69, 9.17) is 28.4 Å². The minimum absolute atomic E-state index is 0.0417. The maximum Gasteiger partial charge on any atom is 0.187 e. The van der Waals surface area contributed by atoms with Crippen molar-refractivity contribution in [3.05, 3.63) is 23.3 Å². The van der Waals surface area contributed by atoms with Gasteiger partial charge in [-0.25, -0.2) is 0 Å². The zero-order valence-corrected chi connectivity index (χ0v) is 39.4. The Morgan fingerprint density at radius 2 is 1.24 bits per heavy atom. The molecule has 3 heterocycles. The Hall–Kier alpha value is -1.24. The Labute approximate surface area is 387 Å². The highest BCUT2D eigenvalue weighted by atomic mass is 16.8. The number of aliphatic hydroxyl groups is 12. The van der Waals surface area contributed by atoms with Crippen molar-refractivity contribution in [3.8, 4) is 0 Å². The molecule has 378 valence electrons. The lowest BCUT2D eigenvalue weighted by Gasteiger charge is -2.70. The molecule has 3 aliphatic heterocycles. The molecule has 0 aromatic rings. The molecule has 12 N–H and O–H groups in total. The van der Waals surface area contributed by atoms with E-state index in [0.29, 0.717) is 19.3 Å². The smallest absolute Gasteiger partial charge is 0.187 e. The summed E-state index contributed by atoms with van der Waals surface area (Å²) in [5.74, 6) is 0.0214. The first kappa shape index (κ1) is 51.1. The molecule has 0 radical (unpaired) electrons. The summed E-state index contributed by atoms with van der Waals surface area (Å²) < 4.78 is 36.1. The van der Waals surface area contributed by atoms with Gasteiger partial charge in [-0.05, 0) is 91.9 Å². The molecule has 3 saturated carbocycles. The lowest BCUT2D eigenvalue weighted by molar-refractivity contribution is -0.391. The van der Waals surface area contributed by atoms with E-state index >= 15 is 0 Å². The molecule has 5 aliphatic carbocycles. The van der Waals surface area contributed by atoms with Crippen LogP contribution in [0.5, 0.6) is 0 Å². The molecule has 66 heavy (non-hydrogen) atoms. The van der Waals surface area contributed by atoms with Gasteiger partial charge < -0.3 is 89.7 Å². The van der Waals surface area contributed by atoms with Crippen molar-refractivity contribution in [2.45, 2.75) is 204 Å². The van der Waals surface area contributed by atoms with Gasteiger partial charge in [0.2, 0.25) is 0 Å². The fourth-order valence-electron chi connectivity index (χ4n) is 14.5. The first-order valence-electron chi connectivity index (χ1n) is 24.1. The van der Waals surface area contributed by atoms with Crippen LogP contribution in [0.4, 0.5) is 0 Å². The lowest BCUT2D eigenvalue weighted by atomic mass is 9.35. The van der Waals surface area contributed by atoms with Crippen molar-refractivity contribution < 1.29 is 89.7 Å². The third-order valence-corrected chi connectivity index (χ3v) is 19.0. The van der Waals surface area contributed by atoms with Gasteiger partial charge in [-0.3, -0.25) is 0 Å². The minimum Gasteiger partial charge on any atom is -0.396 e. The van der Waals surface area contributed by atoms with Gasteiger partial charge in [0, 0.05) is 16.2 Å². The second kappa shape index (κ2) is 18.1. The van der Waals surface area contributed by atoms with Gasteiger partial charge >= 0.3 is 0 Å². The summed E-state index contributed by atoms with van der Waals surface area (Å²) >= 11 is 0. The van der Waals surface area contributed by atoms with E-state index in [9.17, 15) is 61.3 Å². The number of ether oxygens (including phenoxy) is 6. The van der Waals surface area contributed by atoms with Gasteiger partial charge in [0.1, 0.15) is 67.1 Å². The van der Waals surface area contributed by atoms with E-state index in [-0.39, 0.29) is 46.7 Å². The second-order valence-corrected chi connectivity index (χ2v) is 23.1. The van der Waals surface area contributed by atoms with Gasteiger partial charge in [0.25, 0.3) is 0 Å². The molecule has 24 unspecified atom stereocenters. The number of hydrogen-bond donors (Lipinski definition) is 12. The largest absolute Gasteiger partial charge is 0.396 e. The van der Waals surface area contributed by atoms with Crippen LogP contribution in [-0.2, 0) is 28.4 Å². The molecule has 3 saturated heterocycles. The number of aliphatic hydroxyl groups excluding tert-OH is 12. The monoisotopic (exact) mass is 943 g/mol. The predicted octanol–water partition coefficient (Wildman–Crippen LogP) is -0.495. The Balaban J connectivity index is 1.04. The molecule has 0 spiro atoms. The molecule has 18 heteroatoms. The normalized spacial score (nSPS) is 54.8. The fourth-order valence-corrected chi connectivity index (χ4v) is 14.5. The average molecular weight is 943 g/mol. The maximum absolute atomic E-state index is 12.1. The van der Waals surface area contributed by atoms with Crippen LogP contribution in [0.2, 0.25) is 0 Å². The first-order chi connectivity index (χ1) is 30.9. The van der Waals surface area contributed by atoms with Crippen LogP contribution >= 0.6 is 0 Å². The molecule has 6 fully saturated rings. The second-order valence-electron chi connectivity index (χ2n) is 23.1. The van der Waals surface area contributed by atoms with Crippen LogP contribution in [0.1, 0.15) is 99.8 Å². The van der Waals surface area contributed by atoms with Gasteiger partial charge in [0.15, 0.2) is 18.9 Å². The van der Waals surface area contributed by atoms with Crippen LogP contribution in [0, 0.1) is 44.3 Å². The molecule has 0 aromatic heterocycles. The average Bonchev–Trinajstić information content (AvgIpc) is 3.27. The van der Waals surface area contributed by atoms with Crippen LogP contribution in [0.15, 0.2) is 23.3 Å². The Kier molecular flexibility index (Phi) is 14.0. The van der Waals surface area contributed by atoms with Crippen LogP contribution in [0.3, 0.4) is 0 Å². The zero-order valence-electron chi connectivity index (χ0n) is 39.4. The van der Waals surface area contributed by atoms with E-state index in [2.05, 4.69) is 46.8 Å². The summed E-state index contributed by atoms with van der Waals surface area (Å²) in [4.78, 5) is 0. The van der Waals surface area contributed by atoms with Crippen molar-refractivity contribution >= 4 is 0 Å². The van der Waals surface area contributed by atoms with Crippen molar-refractivity contribution in [1.29, 1.82) is 0 Å². The molecular weight excluding hydrogens is 865 g/mol. The number of hydrogen-bond acceptors (Lipinski definition) is 18. The zero-order chi connectivity index (χ0) is 48.3. The summed E-state index contributed by atoms with van der Waals surface area (Å²) in [6.45, 7) is 13.2. The minimum atomic E-state index is -1.90. The standard InChI is InChI=1S/C48H78O18/c1-22-31(54)38(65-42-39(35(58)33(56)26(19-50)63-42)66-40-36(59)34(57)32(55)25(18-49)62-40)37(60)41(61-22)64-30-11-12-44(4)27(45(30,5)20-51)10-13-46(6)28(44)9-8-23-24-16-43(2,3)14-15-48(24,21-52)29(53)17-47(23,46)7/h8-9,22,25-42,49-60H,10-21H2,1-7H3. The van der Waals surface area contributed by atoms with Gasteiger partial charge in [-0.15, -0.1) is 0 Å². The molecular formula is C48H78O18. The van der Waals surface area contributed by atoms with Crippen LogP contribution in [0.25, 0.3) is 0 Å². The summed E-state index contributed by atoms with van der Waals surface area (Å²) in [6.07, 6.45) is -15.3. The third kappa shape index (κ3) is 7.75. The Morgan fingerprint density at radius 1 is 0.621 bits per heavy atom. The number of rotatable bonds is 10. The van der Waals surface area contributed by atoms with Crippen LogP contribution < -0.4 is 0 Å². The summed E-state index contributed by atoms with van der Waals surface area (Å²) in [5.41, 5.74) is 0.0755. The third-order valence-electron chi connectivity index (χ3n) is 19.0. The van der Waals surface area contributed by atoms with Crippen LogP contribution in [-0.4, -0.2) is 192 Å². The van der Waals surface area contributed by atoms with E-state index in [1.54, 1.807) is 6.92 Å². The molecule has 0 bridgehead atoms. The summed E-state index contributed by atoms with van der Waals surface area (Å²) in [7, 11) is 0.